The monoisotopic (exact) mass is 365 g/mol. The molecule has 0 saturated carbocycles. The first kappa shape index (κ1) is 16.5. The molecular weight excluding hydrogens is 346 g/mol. The molecule has 0 radical (unpaired) electrons. The average Bonchev–Trinajstić information content (AvgIpc) is 3.08. The highest BCUT2D eigenvalue weighted by atomic mass is 79.9. The maximum Gasteiger partial charge on any atom is 0.244 e. The molecule has 0 unspecified atom stereocenters. The maximum absolute atomic E-state index is 11.7. The van der Waals surface area contributed by atoms with Crippen molar-refractivity contribution in [2.24, 2.45) is 0 Å². The smallest absolute Gasteiger partial charge is 0.244 e. The fourth-order valence-electron chi connectivity index (χ4n) is 1.93. The molecular formula is C15H20BrN5O. The van der Waals surface area contributed by atoms with E-state index in [1.165, 1.54) is 6.08 Å². The highest BCUT2D eigenvalue weighted by molar-refractivity contribution is 9.10. The normalized spacial score (nSPS) is 11.2. The Hall–Kier alpha value is -1.89. The van der Waals surface area contributed by atoms with E-state index in [2.05, 4.69) is 31.4 Å². The first-order chi connectivity index (χ1) is 10.6. The third kappa shape index (κ3) is 4.84. The SMILES string of the molecule is CCn1cc(/C=C/C(=O)NCCCn2cc(Br)c(C)n2)cn1. The molecule has 2 aromatic heterocycles. The van der Waals surface area contributed by atoms with Crippen LogP contribution in [-0.2, 0) is 17.9 Å². The fraction of sp³-hybridized carbons (Fsp3) is 0.400. The minimum Gasteiger partial charge on any atom is -0.352 e. The van der Waals surface area contributed by atoms with Crippen molar-refractivity contribution in [2.75, 3.05) is 6.54 Å². The van der Waals surface area contributed by atoms with Gasteiger partial charge in [-0.25, -0.2) is 0 Å². The van der Waals surface area contributed by atoms with Gasteiger partial charge in [0.25, 0.3) is 0 Å². The molecule has 0 spiro atoms. The molecule has 0 fully saturated rings. The van der Waals surface area contributed by atoms with E-state index in [1.807, 2.05) is 35.6 Å². The zero-order valence-electron chi connectivity index (χ0n) is 12.8. The van der Waals surface area contributed by atoms with Gasteiger partial charge in [-0.3, -0.25) is 14.2 Å². The average molecular weight is 366 g/mol. The number of nitrogens with one attached hydrogen (secondary N) is 1. The standard InChI is InChI=1S/C15H20BrN5O/c1-3-20-10-13(9-18-20)5-6-15(22)17-7-4-8-21-11-14(16)12(2)19-21/h5-6,9-11H,3-4,7-8H2,1-2H3,(H,17,22)/b6-5+. The molecule has 2 heterocycles. The Morgan fingerprint density at radius 2 is 2.23 bits per heavy atom. The third-order valence-electron chi connectivity index (χ3n) is 3.15. The van der Waals surface area contributed by atoms with Gasteiger partial charge in [-0.15, -0.1) is 0 Å². The van der Waals surface area contributed by atoms with Crippen LogP contribution in [0.5, 0.6) is 0 Å². The van der Waals surface area contributed by atoms with Crippen molar-refractivity contribution in [3.8, 4) is 0 Å². The number of hydrogen-bond acceptors (Lipinski definition) is 3. The number of hydrogen-bond donors (Lipinski definition) is 1. The predicted octanol–water partition coefficient (Wildman–Crippen LogP) is 2.39. The molecule has 7 heteroatoms. The molecule has 0 aliphatic carbocycles. The van der Waals surface area contributed by atoms with Gasteiger partial charge in [-0.2, -0.15) is 10.2 Å². The summed E-state index contributed by atoms with van der Waals surface area (Å²) in [4.78, 5) is 11.7. The Morgan fingerprint density at radius 1 is 1.41 bits per heavy atom. The van der Waals surface area contributed by atoms with Gasteiger partial charge >= 0.3 is 0 Å². The molecule has 6 nitrogen and oxygen atoms in total. The van der Waals surface area contributed by atoms with Crippen LogP contribution >= 0.6 is 15.9 Å². The summed E-state index contributed by atoms with van der Waals surface area (Å²) in [6.45, 7) is 6.19. The molecule has 0 bridgehead atoms. The summed E-state index contributed by atoms with van der Waals surface area (Å²) < 4.78 is 4.70. The summed E-state index contributed by atoms with van der Waals surface area (Å²) in [6, 6.07) is 0. The quantitative estimate of drug-likeness (QED) is 0.605. The van der Waals surface area contributed by atoms with Crippen LogP contribution in [-0.4, -0.2) is 32.0 Å². The van der Waals surface area contributed by atoms with Crippen LogP contribution in [0.15, 0.2) is 29.1 Å². The zero-order chi connectivity index (χ0) is 15.9. The Labute approximate surface area is 138 Å². The number of carbonyl (C=O) groups excluding carboxylic acids is 1. The molecule has 2 aromatic rings. The van der Waals surface area contributed by atoms with Crippen LogP contribution in [0.1, 0.15) is 24.6 Å². The highest BCUT2D eigenvalue weighted by Crippen LogP contribution is 2.13. The summed E-state index contributed by atoms with van der Waals surface area (Å²) >= 11 is 3.43. The Balaban J connectivity index is 1.69. The minimum atomic E-state index is -0.0953. The zero-order valence-corrected chi connectivity index (χ0v) is 14.4. The second-order valence-electron chi connectivity index (χ2n) is 4.93. The molecule has 0 aromatic carbocycles. The van der Waals surface area contributed by atoms with Crippen molar-refractivity contribution in [1.29, 1.82) is 0 Å². The summed E-state index contributed by atoms with van der Waals surface area (Å²) in [5, 5.41) is 11.4. The molecule has 118 valence electrons. The molecule has 1 N–H and O–H groups in total. The lowest BCUT2D eigenvalue weighted by atomic mass is 10.3. The van der Waals surface area contributed by atoms with E-state index >= 15 is 0 Å². The number of aryl methyl sites for hydroxylation is 3. The van der Waals surface area contributed by atoms with E-state index in [-0.39, 0.29) is 5.91 Å². The second-order valence-corrected chi connectivity index (χ2v) is 5.79. The molecule has 1 amide bonds. The van der Waals surface area contributed by atoms with E-state index in [1.54, 1.807) is 12.3 Å². The predicted molar refractivity (Wildman–Crippen MR) is 89.2 cm³/mol. The maximum atomic E-state index is 11.7. The van der Waals surface area contributed by atoms with Gasteiger partial charge in [0, 0.05) is 43.7 Å². The van der Waals surface area contributed by atoms with Crippen molar-refractivity contribution in [3.05, 3.63) is 40.4 Å². The lowest BCUT2D eigenvalue weighted by Crippen LogP contribution is -2.23. The van der Waals surface area contributed by atoms with Gasteiger partial charge in [-0.05, 0) is 42.3 Å². The number of carbonyl (C=O) groups is 1. The molecule has 0 aliphatic rings. The topological polar surface area (TPSA) is 64.7 Å². The third-order valence-corrected chi connectivity index (χ3v) is 3.93. The van der Waals surface area contributed by atoms with E-state index in [0.717, 1.165) is 35.2 Å². The second kappa shape index (κ2) is 7.93. The summed E-state index contributed by atoms with van der Waals surface area (Å²) in [7, 11) is 0. The van der Waals surface area contributed by atoms with Crippen LogP contribution < -0.4 is 5.32 Å². The number of aromatic nitrogens is 4. The van der Waals surface area contributed by atoms with Gasteiger partial charge in [0.1, 0.15) is 0 Å². The molecule has 0 atom stereocenters. The van der Waals surface area contributed by atoms with Crippen molar-refractivity contribution in [2.45, 2.75) is 33.4 Å². The Bertz CT molecular complexity index is 639. The molecule has 0 aliphatic heterocycles. The first-order valence-corrected chi connectivity index (χ1v) is 8.05. The van der Waals surface area contributed by atoms with Crippen molar-refractivity contribution in [3.63, 3.8) is 0 Å². The van der Waals surface area contributed by atoms with E-state index in [4.69, 9.17) is 0 Å². The number of rotatable bonds is 7. The largest absolute Gasteiger partial charge is 0.352 e. The summed E-state index contributed by atoms with van der Waals surface area (Å²) in [5.41, 5.74) is 1.90. The lowest BCUT2D eigenvalue weighted by molar-refractivity contribution is -0.116. The highest BCUT2D eigenvalue weighted by Gasteiger charge is 2.01. The van der Waals surface area contributed by atoms with Gasteiger partial charge in [0.15, 0.2) is 0 Å². The van der Waals surface area contributed by atoms with Gasteiger partial charge in [0.05, 0.1) is 16.4 Å². The van der Waals surface area contributed by atoms with E-state index < -0.39 is 0 Å². The van der Waals surface area contributed by atoms with Crippen molar-refractivity contribution >= 4 is 27.9 Å². The molecule has 22 heavy (non-hydrogen) atoms. The van der Waals surface area contributed by atoms with E-state index in [9.17, 15) is 4.79 Å². The van der Waals surface area contributed by atoms with E-state index in [0.29, 0.717) is 6.54 Å². The summed E-state index contributed by atoms with van der Waals surface area (Å²) in [5.74, 6) is -0.0953. The minimum absolute atomic E-state index is 0.0953. The Morgan fingerprint density at radius 3 is 2.86 bits per heavy atom. The van der Waals surface area contributed by atoms with Crippen LogP contribution in [0.4, 0.5) is 0 Å². The van der Waals surface area contributed by atoms with Crippen LogP contribution in [0, 0.1) is 6.92 Å². The van der Waals surface area contributed by atoms with Crippen LogP contribution in [0.3, 0.4) is 0 Å². The van der Waals surface area contributed by atoms with Gasteiger partial charge in [-0.1, -0.05) is 0 Å². The molecule has 0 saturated heterocycles. The first-order valence-electron chi connectivity index (χ1n) is 7.26. The van der Waals surface area contributed by atoms with Crippen molar-refractivity contribution in [1.82, 2.24) is 24.9 Å². The van der Waals surface area contributed by atoms with Crippen LogP contribution in [0.2, 0.25) is 0 Å². The Kier molecular flexibility index (Phi) is 5.94. The molecule has 2 rings (SSSR count). The summed E-state index contributed by atoms with van der Waals surface area (Å²) in [6.07, 6.45) is 9.73. The van der Waals surface area contributed by atoms with Crippen LogP contribution in [0.25, 0.3) is 6.08 Å². The number of nitrogens with zero attached hydrogens (tertiary/aromatic N) is 4. The van der Waals surface area contributed by atoms with Gasteiger partial charge in [0.2, 0.25) is 5.91 Å². The van der Waals surface area contributed by atoms with Gasteiger partial charge < -0.3 is 5.32 Å². The van der Waals surface area contributed by atoms with Crippen molar-refractivity contribution < 1.29 is 4.79 Å². The number of halogens is 1. The lowest BCUT2D eigenvalue weighted by Gasteiger charge is -2.02. The fourth-order valence-corrected chi connectivity index (χ4v) is 2.25. The number of amides is 1.